The first kappa shape index (κ1) is 24.6. The van der Waals surface area contributed by atoms with Crippen LogP contribution in [0.2, 0.25) is 0 Å². The van der Waals surface area contributed by atoms with Crippen LogP contribution in [0.25, 0.3) is 11.4 Å². The molecule has 3 heteroatoms. The zero-order valence-corrected chi connectivity index (χ0v) is 21.7. The number of hydrogen-bond donors (Lipinski definition) is 1. The summed E-state index contributed by atoms with van der Waals surface area (Å²) in [5.74, 6) is 1.48. The summed E-state index contributed by atoms with van der Waals surface area (Å²) in [4.78, 5) is 10.3. The zero-order valence-electron chi connectivity index (χ0n) is 21.7. The molecule has 0 bridgehead atoms. The van der Waals surface area contributed by atoms with Crippen LogP contribution >= 0.6 is 0 Å². The molecule has 34 heavy (non-hydrogen) atoms. The normalized spacial score (nSPS) is 15.5. The van der Waals surface area contributed by atoms with Gasteiger partial charge in [-0.3, -0.25) is 0 Å². The van der Waals surface area contributed by atoms with Crippen LogP contribution in [0.4, 0.5) is 0 Å². The van der Waals surface area contributed by atoms with Crippen molar-refractivity contribution in [3.8, 4) is 11.4 Å². The Bertz CT molecular complexity index is 1090. The van der Waals surface area contributed by atoms with Gasteiger partial charge in [-0.2, -0.15) is 0 Å². The van der Waals surface area contributed by atoms with Crippen LogP contribution in [0.1, 0.15) is 85.8 Å². The lowest BCUT2D eigenvalue weighted by Crippen LogP contribution is -2.27. The summed E-state index contributed by atoms with van der Waals surface area (Å²) in [7, 11) is 0. The van der Waals surface area contributed by atoms with Crippen molar-refractivity contribution < 1.29 is 0 Å². The molecule has 3 nitrogen and oxygen atoms in total. The Morgan fingerprint density at radius 3 is 2.41 bits per heavy atom. The lowest BCUT2D eigenvalue weighted by molar-refractivity contribution is 0.461. The monoisotopic (exact) mass is 455 g/mol. The van der Waals surface area contributed by atoms with Gasteiger partial charge >= 0.3 is 0 Å². The predicted molar refractivity (Wildman–Crippen MR) is 143 cm³/mol. The highest BCUT2D eigenvalue weighted by atomic mass is 14.9. The van der Waals surface area contributed by atoms with Crippen LogP contribution in [-0.2, 0) is 32.1 Å². The first-order chi connectivity index (χ1) is 16.5. The first-order valence-electron chi connectivity index (χ1n) is 13.3. The van der Waals surface area contributed by atoms with E-state index in [1.807, 2.05) is 0 Å². The molecule has 0 fully saturated rings. The summed E-state index contributed by atoms with van der Waals surface area (Å²) >= 11 is 0. The Morgan fingerprint density at radius 1 is 0.971 bits per heavy atom. The van der Waals surface area contributed by atoms with E-state index in [4.69, 9.17) is 9.97 Å². The second-order valence-corrected chi connectivity index (χ2v) is 10.2. The highest BCUT2D eigenvalue weighted by Crippen LogP contribution is 2.31. The number of hydrogen-bond acceptors (Lipinski definition) is 3. The van der Waals surface area contributed by atoms with Gasteiger partial charge in [0.05, 0.1) is 0 Å². The van der Waals surface area contributed by atoms with Gasteiger partial charge in [0.2, 0.25) is 0 Å². The minimum Gasteiger partial charge on any atom is -0.310 e. The molecule has 0 amide bonds. The SMILES string of the molecule is CCc1cccc(CC)c1-c1nc(C)c(CCN[C@H]2CCCc3ccccc32)c(CC(C)C)n1. The summed E-state index contributed by atoms with van der Waals surface area (Å²) < 4.78 is 0. The molecule has 3 aromatic rings. The molecule has 0 radical (unpaired) electrons. The average molecular weight is 456 g/mol. The summed E-state index contributed by atoms with van der Waals surface area (Å²) in [6.45, 7) is 12.2. The quantitative estimate of drug-likeness (QED) is 0.378. The van der Waals surface area contributed by atoms with Gasteiger partial charge in [0, 0.05) is 23.0 Å². The standard InChI is InChI=1S/C31H41N3/c1-6-23-13-10-14-24(7-2)30(23)31-33-22(5)26(29(34-31)20-21(3)4)18-19-32-28-17-11-15-25-12-8-9-16-27(25)28/h8-10,12-14,16,21,28,32H,6-7,11,15,17-20H2,1-5H3/t28-/m0/s1. The molecular formula is C31H41N3. The van der Waals surface area contributed by atoms with Crippen molar-refractivity contribution in [1.82, 2.24) is 15.3 Å². The van der Waals surface area contributed by atoms with E-state index in [0.717, 1.165) is 43.7 Å². The fraction of sp³-hybridized carbons (Fsp3) is 0.484. The van der Waals surface area contributed by atoms with E-state index >= 15 is 0 Å². The van der Waals surface area contributed by atoms with E-state index < -0.39 is 0 Å². The zero-order chi connectivity index (χ0) is 24.1. The second kappa shape index (κ2) is 11.3. The third kappa shape index (κ3) is 5.41. The van der Waals surface area contributed by atoms with Crippen molar-refractivity contribution >= 4 is 0 Å². The Kier molecular flexibility index (Phi) is 8.15. The van der Waals surface area contributed by atoms with E-state index in [9.17, 15) is 0 Å². The smallest absolute Gasteiger partial charge is 0.160 e. The van der Waals surface area contributed by atoms with Crippen molar-refractivity contribution in [2.75, 3.05) is 6.54 Å². The number of benzene rings is 2. The molecule has 1 aliphatic rings. The maximum absolute atomic E-state index is 5.22. The Labute approximate surface area is 206 Å². The third-order valence-electron chi connectivity index (χ3n) is 7.26. The maximum Gasteiger partial charge on any atom is 0.160 e. The maximum atomic E-state index is 5.22. The van der Waals surface area contributed by atoms with Crippen LogP contribution in [-0.4, -0.2) is 16.5 Å². The highest BCUT2D eigenvalue weighted by Gasteiger charge is 2.21. The van der Waals surface area contributed by atoms with Gasteiger partial charge in [-0.25, -0.2) is 9.97 Å². The minimum atomic E-state index is 0.461. The van der Waals surface area contributed by atoms with Crippen molar-refractivity contribution in [1.29, 1.82) is 0 Å². The lowest BCUT2D eigenvalue weighted by atomic mass is 9.87. The molecule has 0 spiro atoms. The van der Waals surface area contributed by atoms with E-state index in [-0.39, 0.29) is 0 Å². The first-order valence-corrected chi connectivity index (χ1v) is 13.3. The molecule has 1 aromatic heterocycles. The van der Waals surface area contributed by atoms with Crippen molar-refractivity contribution in [2.45, 2.75) is 85.6 Å². The van der Waals surface area contributed by atoms with Gasteiger partial charge in [-0.15, -0.1) is 0 Å². The number of rotatable bonds is 9. The van der Waals surface area contributed by atoms with E-state index in [1.54, 1.807) is 0 Å². The molecular weight excluding hydrogens is 414 g/mol. The molecule has 0 saturated carbocycles. The minimum absolute atomic E-state index is 0.461. The van der Waals surface area contributed by atoms with Gasteiger partial charge in [0.25, 0.3) is 0 Å². The largest absolute Gasteiger partial charge is 0.310 e. The molecule has 1 N–H and O–H groups in total. The summed E-state index contributed by atoms with van der Waals surface area (Å²) in [5.41, 5.74) is 10.7. The van der Waals surface area contributed by atoms with Gasteiger partial charge in [-0.05, 0) is 92.1 Å². The predicted octanol–water partition coefficient (Wildman–Crippen LogP) is 6.99. The number of nitrogens with one attached hydrogen (secondary N) is 1. The van der Waals surface area contributed by atoms with E-state index in [0.29, 0.717) is 12.0 Å². The molecule has 1 heterocycles. The number of aromatic nitrogens is 2. The van der Waals surface area contributed by atoms with Crippen molar-refractivity contribution in [3.05, 3.63) is 81.7 Å². The highest BCUT2D eigenvalue weighted by molar-refractivity contribution is 5.65. The van der Waals surface area contributed by atoms with Crippen LogP contribution < -0.4 is 5.32 Å². The van der Waals surface area contributed by atoms with Gasteiger partial charge in [0.15, 0.2) is 5.82 Å². The fourth-order valence-electron chi connectivity index (χ4n) is 5.52. The Morgan fingerprint density at radius 2 is 1.71 bits per heavy atom. The van der Waals surface area contributed by atoms with Gasteiger partial charge in [-0.1, -0.05) is 70.2 Å². The molecule has 1 atom stereocenters. The molecule has 1 aliphatic carbocycles. The van der Waals surface area contributed by atoms with Crippen LogP contribution in [0.3, 0.4) is 0 Å². The number of fused-ring (bicyclic) bond motifs is 1. The summed E-state index contributed by atoms with van der Waals surface area (Å²) in [6, 6.07) is 16.0. The Balaban J connectivity index is 1.60. The average Bonchev–Trinajstić information content (AvgIpc) is 2.84. The number of nitrogens with zero attached hydrogens (tertiary/aromatic N) is 2. The van der Waals surface area contributed by atoms with Gasteiger partial charge in [0.1, 0.15) is 0 Å². The topological polar surface area (TPSA) is 37.8 Å². The van der Waals surface area contributed by atoms with Gasteiger partial charge < -0.3 is 5.32 Å². The van der Waals surface area contributed by atoms with Crippen molar-refractivity contribution in [2.24, 2.45) is 5.92 Å². The fourth-order valence-corrected chi connectivity index (χ4v) is 5.52. The van der Waals surface area contributed by atoms with Crippen LogP contribution in [0.5, 0.6) is 0 Å². The molecule has 2 aromatic carbocycles. The molecule has 180 valence electrons. The molecule has 0 aliphatic heterocycles. The third-order valence-corrected chi connectivity index (χ3v) is 7.26. The second-order valence-electron chi connectivity index (χ2n) is 10.2. The van der Waals surface area contributed by atoms with E-state index in [2.05, 4.69) is 82.4 Å². The Hall–Kier alpha value is -2.52. The van der Waals surface area contributed by atoms with Crippen molar-refractivity contribution in [3.63, 3.8) is 0 Å². The lowest BCUT2D eigenvalue weighted by Gasteiger charge is -2.27. The molecule has 0 unspecified atom stereocenters. The molecule has 0 saturated heterocycles. The summed E-state index contributed by atoms with van der Waals surface area (Å²) in [5, 5.41) is 3.86. The summed E-state index contributed by atoms with van der Waals surface area (Å²) in [6.07, 6.45) is 7.66. The number of aryl methyl sites for hydroxylation is 4. The van der Waals surface area contributed by atoms with Crippen LogP contribution in [0.15, 0.2) is 42.5 Å². The van der Waals surface area contributed by atoms with E-state index in [1.165, 1.54) is 58.3 Å². The van der Waals surface area contributed by atoms with Crippen LogP contribution in [0, 0.1) is 12.8 Å². The molecule has 4 rings (SSSR count).